The molecular weight excluding hydrogens is 414 g/mol. The van der Waals surface area contributed by atoms with E-state index in [1.165, 1.54) is 6.07 Å². The van der Waals surface area contributed by atoms with Crippen LogP contribution in [-0.4, -0.2) is 45.7 Å². The fourth-order valence-corrected chi connectivity index (χ4v) is 3.66. The molecule has 2 unspecified atom stereocenters. The van der Waals surface area contributed by atoms with Gasteiger partial charge in [0.1, 0.15) is 12.3 Å². The number of aliphatic hydroxyl groups is 1. The van der Waals surface area contributed by atoms with Gasteiger partial charge in [-0.25, -0.2) is 4.39 Å². The number of β-amino-alcohol motifs (C(OH)–C–C–N with tert-alkyl or cyclic N) is 1. The first kappa shape index (κ1) is 21.2. The summed E-state index contributed by atoms with van der Waals surface area (Å²) in [5.74, 6) is 0.358. The average Bonchev–Trinajstić information content (AvgIpc) is 3.08. The lowest BCUT2D eigenvalue weighted by Crippen LogP contribution is -2.21. The predicted molar refractivity (Wildman–Crippen MR) is 109 cm³/mol. The van der Waals surface area contributed by atoms with E-state index >= 15 is 0 Å². The number of hydrogen-bond donors (Lipinski definition) is 2. The van der Waals surface area contributed by atoms with Crippen LogP contribution in [-0.2, 0) is 6.18 Å². The second-order valence-electron chi connectivity index (χ2n) is 7.70. The van der Waals surface area contributed by atoms with E-state index < -0.39 is 30.1 Å². The summed E-state index contributed by atoms with van der Waals surface area (Å²) in [4.78, 5) is 6.12. The Labute approximate surface area is 175 Å². The molecule has 10 heteroatoms. The van der Waals surface area contributed by atoms with Crippen molar-refractivity contribution in [3.63, 3.8) is 0 Å². The maximum absolute atomic E-state index is 13.8. The van der Waals surface area contributed by atoms with Gasteiger partial charge in [0.2, 0.25) is 0 Å². The van der Waals surface area contributed by atoms with Gasteiger partial charge in [-0.15, -0.1) is 5.10 Å². The van der Waals surface area contributed by atoms with E-state index in [0.29, 0.717) is 33.7 Å². The van der Waals surface area contributed by atoms with Gasteiger partial charge in [0.15, 0.2) is 5.82 Å². The molecular formula is C21H21F4N5O. The van der Waals surface area contributed by atoms with Crippen molar-refractivity contribution in [1.29, 1.82) is 0 Å². The van der Waals surface area contributed by atoms with Crippen LogP contribution < -0.4 is 10.2 Å². The Morgan fingerprint density at radius 1 is 1.19 bits per heavy atom. The minimum Gasteiger partial charge on any atom is -0.388 e. The topological polar surface area (TPSA) is 74.2 Å². The number of pyridine rings is 1. The molecule has 31 heavy (non-hydrogen) atoms. The monoisotopic (exact) mass is 435 g/mol. The summed E-state index contributed by atoms with van der Waals surface area (Å²) in [5.41, 5.74) is 1.50. The van der Waals surface area contributed by atoms with Crippen molar-refractivity contribution in [2.45, 2.75) is 38.3 Å². The van der Waals surface area contributed by atoms with Crippen molar-refractivity contribution in [3.8, 4) is 0 Å². The van der Waals surface area contributed by atoms with E-state index in [1.54, 1.807) is 37.1 Å². The van der Waals surface area contributed by atoms with E-state index in [9.17, 15) is 22.7 Å². The molecule has 164 valence electrons. The molecule has 0 aliphatic carbocycles. The highest BCUT2D eigenvalue weighted by molar-refractivity contribution is 5.92. The van der Waals surface area contributed by atoms with E-state index in [-0.39, 0.29) is 13.1 Å². The number of aromatic nitrogens is 3. The third kappa shape index (κ3) is 4.25. The lowest BCUT2D eigenvalue weighted by Gasteiger charge is -2.20. The van der Waals surface area contributed by atoms with Gasteiger partial charge in [0.25, 0.3) is 0 Å². The summed E-state index contributed by atoms with van der Waals surface area (Å²) in [6.45, 7) is 3.67. The van der Waals surface area contributed by atoms with Gasteiger partial charge in [-0.1, -0.05) is 12.1 Å². The quantitative estimate of drug-likeness (QED) is 0.603. The maximum Gasteiger partial charge on any atom is 0.416 e. The van der Waals surface area contributed by atoms with Gasteiger partial charge in [0, 0.05) is 11.9 Å². The van der Waals surface area contributed by atoms with Gasteiger partial charge in [-0.05, 0) is 37.6 Å². The first-order valence-electron chi connectivity index (χ1n) is 9.77. The van der Waals surface area contributed by atoms with Crippen molar-refractivity contribution < 1.29 is 22.7 Å². The molecule has 1 aliphatic rings. The fraction of sp³-hybridized carbons (Fsp3) is 0.381. The van der Waals surface area contributed by atoms with Crippen molar-refractivity contribution in [1.82, 2.24) is 15.2 Å². The molecule has 2 N–H and O–H groups in total. The molecule has 0 amide bonds. The molecule has 0 spiro atoms. The molecule has 1 fully saturated rings. The molecule has 1 aliphatic heterocycles. The number of aryl methyl sites for hydroxylation is 1. The predicted octanol–water partition coefficient (Wildman–Crippen LogP) is 4.04. The Hall–Kier alpha value is -3.01. The fourth-order valence-electron chi connectivity index (χ4n) is 3.66. The van der Waals surface area contributed by atoms with Crippen molar-refractivity contribution in [2.24, 2.45) is 0 Å². The van der Waals surface area contributed by atoms with Gasteiger partial charge in [-0.3, -0.25) is 4.98 Å². The van der Waals surface area contributed by atoms with Crippen LogP contribution in [0, 0.1) is 6.92 Å². The summed E-state index contributed by atoms with van der Waals surface area (Å²) in [5, 5.41) is 21.7. The zero-order chi connectivity index (χ0) is 22.3. The molecule has 3 aromatic rings. The van der Waals surface area contributed by atoms with Crippen LogP contribution in [0.2, 0.25) is 0 Å². The van der Waals surface area contributed by atoms with Crippen LogP contribution in [0.3, 0.4) is 0 Å². The Kier molecular flexibility index (Phi) is 5.42. The number of benzene rings is 1. The minimum absolute atomic E-state index is 0.0508. The molecule has 0 saturated carbocycles. The molecule has 2 aromatic heterocycles. The molecule has 0 bridgehead atoms. The average molecular weight is 435 g/mol. The lowest BCUT2D eigenvalue weighted by molar-refractivity contribution is -0.137. The number of alkyl halides is 4. The number of nitrogens with one attached hydrogen (secondary N) is 1. The summed E-state index contributed by atoms with van der Waals surface area (Å²) < 4.78 is 52.9. The Morgan fingerprint density at radius 2 is 1.97 bits per heavy atom. The third-order valence-corrected chi connectivity index (χ3v) is 5.42. The number of anilines is 2. The van der Waals surface area contributed by atoms with Crippen LogP contribution in [0.1, 0.15) is 29.8 Å². The molecule has 3 heterocycles. The zero-order valence-corrected chi connectivity index (χ0v) is 16.9. The highest BCUT2D eigenvalue weighted by Gasteiger charge is 2.32. The van der Waals surface area contributed by atoms with E-state index in [1.807, 2.05) is 0 Å². The molecule has 6 nitrogen and oxygen atoms in total. The van der Waals surface area contributed by atoms with E-state index in [2.05, 4.69) is 20.5 Å². The van der Waals surface area contributed by atoms with Crippen LogP contribution in [0.15, 0.2) is 36.5 Å². The highest BCUT2D eigenvalue weighted by atomic mass is 19.4. The number of nitrogens with zero attached hydrogens (tertiary/aromatic N) is 4. The number of rotatable bonds is 4. The first-order chi connectivity index (χ1) is 14.6. The van der Waals surface area contributed by atoms with Crippen molar-refractivity contribution in [2.75, 3.05) is 23.3 Å². The molecule has 1 aromatic carbocycles. The van der Waals surface area contributed by atoms with E-state index in [4.69, 9.17) is 0 Å². The Morgan fingerprint density at radius 3 is 2.65 bits per heavy atom. The van der Waals surface area contributed by atoms with Gasteiger partial charge in [-0.2, -0.15) is 18.3 Å². The lowest BCUT2D eigenvalue weighted by atomic mass is 10.0. The Balaban J connectivity index is 1.67. The molecule has 3 atom stereocenters. The highest BCUT2D eigenvalue weighted by Crippen LogP contribution is 2.33. The standard InChI is InChI=1S/C21H21F4N5O/c1-11(13-4-3-5-14(6-13)21(23,24)25)27-20-16-7-15(30-9-17(22)18(31)10-30)8-26-19(16)12(2)28-29-20/h3-8,11,17-18,31H,9-10H2,1-2H3,(H,27,29)/t11-,17?,18?/m1/s1. The number of halogens is 4. The third-order valence-electron chi connectivity index (χ3n) is 5.42. The second kappa shape index (κ2) is 7.92. The maximum atomic E-state index is 13.8. The van der Waals surface area contributed by atoms with Crippen LogP contribution in [0.25, 0.3) is 10.9 Å². The van der Waals surface area contributed by atoms with Gasteiger partial charge in [0.05, 0.1) is 41.2 Å². The Bertz CT molecular complexity index is 1100. The van der Waals surface area contributed by atoms with Gasteiger partial charge >= 0.3 is 6.18 Å². The SMILES string of the molecule is Cc1nnc(N[C@H](C)c2cccc(C(F)(F)F)c2)c2cc(N3CC(O)C(F)C3)cnc12. The van der Waals surface area contributed by atoms with Crippen molar-refractivity contribution >= 4 is 22.4 Å². The van der Waals surface area contributed by atoms with Crippen LogP contribution in [0.5, 0.6) is 0 Å². The minimum atomic E-state index is -4.43. The molecule has 4 rings (SSSR count). The van der Waals surface area contributed by atoms with Crippen molar-refractivity contribution in [3.05, 3.63) is 53.3 Å². The van der Waals surface area contributed by atoms with Gasteiger partial charge < -0.3 is 15.3 Å². The number of hydrogen-bond acceptors (Lipinski definition) is 6. The first-order valence-corrected chi connectivity index (χ1v) is 9.77. The summed E-state index contributed by atoms with van der Waals surface area (Å²) in [6, 6.07) is 6.37. The summed E-state index contributed by atoms with van der Waals surface area (Å²) in [7, 11) is 0. The summed E-state index contributed by atoms with van der Waals surface area (Å²) in [6.07, 6.45) is -5.25. The normalized spacial score (nSPS) is 20.3. The van der Waals surface area contributed by atoms with Crippen LogP contribution >= 0.6 is 0 Å². The molecule has 1 saturated heterocycles. The largest absolute Gasteiger partial charge is 0.416 e. The number of fused-ring (bicyclic) bond motifs is 1. The summed E-state index contributed by atoms with van der Waals surface area (Å²) >= 11 is 0. The smallest absolute Gasteiger partial charge is 0.388 e. The van der Waals surface area contributed by atoms with E-state index in [0.717, 1.165) is 12.1 Å². The second-order valence-corrected chi connectivity index (χ2v) is 7.70. The molecule has 0 radical (unpaired) electrons. The van der Waals surface area contributed by atoms with Crippen LogP contribution in [0.4, 0.5) is 29.1 Å². The number of aliphatic hydroxyl groups excluding tert-OH is 1. The zero-order valence-electron chi connectivity index (χ0n) is 16.9.